The highest BCUT2D eigenvalue weighted by Gasteiger charge is 2.29. The van der Waals surface area contributed by atoms with Gasteiger partial charge in [0.25, 0.3) is 5.91 Å². The Hall–Kier alpha value is -3.06. The van der Waals surface area contributed by atoms with Gasteiger partial charge in [0.05, 0.1) is 35.0 Å². The monoisotopic (exact) mass is 412 g/mol. The molecule has 0 aromatic carbocycles. The predicted octanol–water partition coefficient (Wildman–Crippen LogP) is 4.16. The van der Waals surface area contributed by atoms with Crippen LogP contribution in [0.1, 0.15) is 24.8 Å². The molecule has 3 aromatic rings. The van der Waals surface area contributed by atoms with Crippen LogP contribution in [0.2, 0.25) is 5.02 Å². The van der Waals surface area contributed by atoms with Crippen molar-refractivity contribution < 1.29 is 19.4 Å². The van der Waals surface area contributed by atoms with E-state index >= 15 is 0 Å². The molecule has 1 amide bonds. The molecule has 0 radical (unpaired) electrons. The van der Waals surface area contributed by atoms with E-state index in [1.54, 1.807) is 6.20 Å². The number of halogens is 4. The fourth-order valence-corrected chi connectivity index (χ4v) is 2.96. The Morgan fingerprint density at radius 2 is 2.07 bits per heavy atom. The molecule has 3 aromatic heterocycles. The van der Waals surface area contributed by atoms with Crippen molar-refractivity contribution in [2.45, 2.75) is 19.0 Å². The molecule has 0 fully saturated rings. The Kier molecular flexibility index (Phi) is 5.56. The lowest BCUT2D eigenvalue weighted by atomic mass is 10.1. The van der Waals surface area contributed by atoms with Gasteiger partial charge >= 0.3 is 6.18 Å². The number of aromatic amines is 2. The van der Waals surface area contributed by atoms with Crippen molar-refractivity contribution >= 4 is 28.5 Å². The number of hydrogen-bond acceptors (Lipinski definition) is 4. The third-order valence-electron chi connectivity index (χ3n) is 4.05. The lowest BCUT2D eigenvalue weighted by Crippen LogP contribution is -2.35. The van der Waals surface area contributed by atoms with E-state index in [1.165, 1.54) is 18.6 Å². The number of nitrogens with zero attached hydrogens (tertiary/aromatic N) is 4. The molecule has 0 saturated carbocycles. The number of hydrogen-bond donors (Lipinski definition) is 2. The van der Waals surface area contributed by atoms with Gasteiger partial charge in [-0.15, -0.1) is 0 Å². The van der Waals surface area contributed by atoms with Gasteiger partial charge in [-0.3, -0.25) is 4.79 Å². The van der Waals surface area contributed by atoms with Gasteiger partial charge in [-0.25, -0.2) is 9.97 Å². The zero-order valence-corrected chi connectivity index (χ0v) is 15.1. The second-order valence-corrected chi connectivity index (χ2v) is 6.36. The highest BCUT2D eigenvalue weighted by molar-refractivity contribution is 6.36. The molecule has 0 spiro atoms. The predicted molar refractivity (Wildman–Crippen MR) is 97.6 cm³/mol. The first-order valence-corrected chi connectivity index (χ1v) is 8.57. The number of nitrogens with one attached hydrogen (secondary N) is 2. The summed E-state index contributed by atoms with van der Waals surface area (Å²) >= 11 is 6.15. The van der Waals surface area contributed by atoms with Crippen molar-refractivity contribution in [2.24, 2.45) is 0 Å². The standard InChI is InChI=1S/C17H14ClF3N6O.H2/c18-11-8-24-15-13(11)14(25-9-26-15)10-6-12(23-7-10)16(28)27(4-1-3-22)5-2-17(19,20)21;/h6-9,23H,1-2,4-5H2,(H,24,25,26);1H. The zero-order valence-electron chi connectivity index (χ0n) is 14.3. The van der Waals surface area contributed by atoms with Crippen molar-refractivity contribution in [3.05, 3.63) is 35.5 Å². The lowest BCUT2D eigenvalue weighted by Gasteiger charge is -2.21. The second-order valence-electron chi connectivity index (χ2n) is 5.95. The van der Waals surface area contributed by atoms with Crippen LogP contribution >= 0.6 is 11.6 Å². The number of alkyl halides is 3. The van der Waals surface area contributed by atoms with E-state index in [2.05, 4.69) is 19.9 Å². The Balaban J connectivity index is 0.00000300. The van der Waals surface area contributed by atoms with Crippen LogP contribution in [-0.4, -0.2) is 50.0 Å². The van der Waals surface area contributed by atoms with Crippen molar-refractivity contribution in [3.63, 3.8) is 0 Å². The summed E-state index contributed by atoms with van der Waals surface area (Å²) in [5, 5.41) is 9.68. The molecule has 3 heterocycles. The molecule has 0 saturated heterocycles. The maximum Gasteiger partial charge on any atom is 0.390 e. The fourth-order valence-electron chi connectivity index (χ4n) is 2.73. The van der Waals surface area contributed by atoms with Crippen LogP contribution in [0.4, 0.5) is 13.2 Å². The van der Waals surface area contributed by atoms with E-state index in [9.17, 15) is 18.0 Å². The summed E-state index contributed by atoms with van der Waals surface area (Å²) in [6, 6.07) is 3.32. The topological polar surface area (TPSA) is 101 Å². The second kappa shape index (κ2) is 7.90. The van der Waals surface area contributed by atoms with Crippen LogP contribution in [0.25, 0.3) is 22.3 Å². The molecule has 0 unspecified atom stereocenters. The number of amides is 1. The van der Waals surface area contributed by atoms with Gasteiger partial charge in [-0.2, -0.15) is 18.4 Å². The van der Waals surface area contributed by atoms with Crippen LogP contribution in [0.3, 0.4) is 0 Å². The highest BCUT2D eigenvalue weighted by Crippen LogP contribution is 2.31. The van der Waals surface area contributed by atoms with Crippen molar-refractivity contribution in [2.75, 3.05) is 13.1 Å². The first-order chi connectivity index (χ1) is 13.3. The third kappa shape index (κ3) is 4.26. The molecule has 0 aliphatic heterocycles. The Labute approximate surface area is 163 Å². The minimum atomic E-state index is -4.40. The summed E-state index contributed by atoms with van der Waals surface area (Å²) in [6.45, 7) is -0.624. The first kappa shape index (κ1) is 19.7. The number of nitriles is 1. The summed E-state index contributed by atoms with van der Waals surface area (Å²) in [6.07, 6.45) is -1.20. The number of carbonyl (C=O) groups is 1. The molecule has 0 atom stereocenters. The number of fused-ring (bicyclic) bond motifs is 1. The molecular weight excluding hydrogens is 397 g/mol. The molecule has 0 bridgehead atoms. The summed E-state index contributed by atoms with van der Waals surface area (Å²) in [5.74, 6) is -0.629. The minimum Gasteiger partial charge on any atom is -0.357 e. The average molecular weight is 413 g/mol. The normalized spacial score (nSPS) is 11.5. The smallest absolute Gasteiger partial charge is 0.357 e. The van der Waals surface area contributed by atoms with E-state index in [0.29, 0.717) is 27.3 Å². The molecule has 28 heavy (non-hydrogen) atoms. The number of aromatic nitrogens is 4. The van der Waals surface area contributed by atoms with E-state index in [1.807, 2.05) is 6.07 Å². The lowest BCUT2D eigenvalue weighted by molar-refractivity contribution is -0.136. The Bertz CT molecular complexity index is 1040. The highest BCUT2D eigenvalue weighted by atomic mass is 35.5. The van der Waals surface area contributed by atoms with E-state index in [-0.39, 0.29) is 20.1 Å². The summed E-state index contributed by atoms with van der Waals surface area (Å²) in [4.78, 5) is 27.6. The summed E-state index contributed by atoms with van der Waals surface area (Å²) in [5.41, 5.74) is 1.62. The third-order valence-corrected chi connectivity index (χ3v) is 4.35. The largest absolute Gasteiger partial charge is 0.390 e. The maximum atomic E-state index is 12.6. The zero-order chi connectivity index (χ0) is 20.3. The molecule has 3 rings (SSSR count). The Morgan fingerprint density at radius 3 is 2.79 bits per heavy atom. The SMILES string of the molecule is N#CCCN(CCC(F)(F)F)C(=O)c1cc(-c2ncnc3[nH]cc(Cl)c23)c[nH]1.[HH]. The molecular formula is C17H16ClF3N6O. The van der Waals surface area contributed by atoms with Gasteiger partial charge < -0.3 is 14.9 Å². The fraction of sp³-hybridized carbons (Fsp3) is 0.294. The van der Waals surface area contributed by atoms with Crippen LogP contribution < -0.4 is 0 Å². The van der Waals surface area contributed by atoms with Gasteiger partial charge in [0.1, 0.15) is 17.7 Å². The van der Waals surface area contributed by atoms with Gasteiger partial charge in [0.15, 0.2) is 0 Å². The number of carbonyl (C=O) groups excluding carboxylic acids is 1. The summed E-state index contributed by atoms with van der Waals surface area (Å²) < 4.78 is 37.6. The molecule has 11 heteroatoms. The van der Waals surface area contributed by atoms with E-state index < -0.39 is 25.0 Å². The van der Waals surface area contributed by atoms with Crippen LogP contribution in [0.15, 0.2) is 24.8 Å². The van der Waals surface area contributed by atoms with Gasteiger partial charge in [0.2, 0.25) is 0 Å². The minimum absolute atomic E-state index is 0. The van der Waals surface area contributed by atoms with Gasteiger partial charge in [-0.1, -0.05) is 11.6 Å². The van der Waals surface area contributed by atoms with Crippen molar-refractivity contribution in [1.29, 1.82) is 5.26 Å². The maximum absolute atomic E-state index is 12.6. The molecule has 148 valence electrons. The van der Waals surface area contributed by atoms with Gasteiger partial charge in [-0.05, 0) is 6.07 Å². The van der Waals surface area contributed by atoms with Crippen molar-refractivity contribution in [1.82, 2.24) is 24.8 Å². The molecule has 7 nitrogen and oxygen atoms in total. The number of H-pyrrole nitrogens is 2. The summed E-state index contributed by atoms with van der Waals surface area (Å²) in [7, 11) is 0. The van der Waals surface area contributed by atoms with E-state index in [0.717, 1.165) is 4.90 Å². The first-order valence-electron chi connectivity index (χ1n) is 8.19. The quantitative estimate of drug-likeness (QED) is 0.634. The molecule has 0 aliphatic carbocycles. The van der Waals surface area contributed by atoms with Crippen LogP contribution in [0, 0.1) is 11.3 Å². The van der Waals surface area contributed by atoms with Crippen LogP contribution in [-0.2, 0) is 0 Å². The molecule has 2 N–H and O–H groups in total. The van der Waals surface area contributed by atoms with Crippen LogP contribution in [0.5, 0.6) is 0 Å². The Morgan fingerprint density at radius 1 is 1.29 bits per heavy atom. The van der Waals surface area contributed by atoms with E-state index in [4.69, 9.17) is 16.9 Å². The average Bonchev–Trinajstić information content (AvgIpc) is 3.28. The van der Waals surface area contributed by atoms with Crippen molar-refractivity contribution in [3.8, 4) is 17.3 Å². The van der Waals surface area contributed by atoms with Gasteiger partial charge in [0, 0.05) is 32.5 Å². The number of rotatable bonds is 6. The molecule has 0 aliphatic rings.